The molecule has 0 atom stereocenters. The predicted molar refractivity (Wildman–Crippen MR) is 214 cm³/mol. The normalized spacial score (nSPS) is 10.3. The fourth-order valence-electron chi connectivity index (χ4n) is 5.82. The number of terminal acetylenes is 2. The molecule has 16 heteroatoms. The minimum atomic E-state index is -0.519. The van der Waals surface area contributed by atoms with Crippen LogP contribution >= 0.6 is 0 Å². The Morgan fingerprint density at radius 3 is 1.61 bits per heavy atom. The maximum atomic E-state index is 12.8. The molecule has 57 heavy (non-hydrogen) atoms. The van der Waals surface area contributed by atoms with Gasteiger partial charge in [0.1, 0.15) is 0 Å². The van der Waals surface area contributed by atoms with Gasteiger partial charge in [-0.15, -0.1) is 12.8 Å². The number of aryl methyl sites for hydroxylation is 3. The first-order valence-electron chi connectivity index (χ1n) is 17.3. The third-order valence-electron chi connectivity index (χ3n) is 8.65. The fraction of sp³-hybridized carbons (Fsp3) is 0.268. The molecular formula is C41H38N8O8. The molecule has 0 unspecified atom stereocenters. The zero-order chi connectivity index (χ0) is 41.4. The molecule has 0 saturated carbocycles. The summed E-state index contributed by atoms with van der Waals surface area (Å²) in [6.07, 6.45) is 10.6. The molecule has 0 radical (unpaired) electrons. The van der Waals surface area contributed by atoms with Crippen LogP contribution < -0.4 is 41.4 Å². The number of methoxy groups -OCH3 is 4. The van der Waals surface area contributed by atoms with Crippen molar-refractivity contribution in [3.8, 4) is 71.4 Å². The van der Waals surface area contributed by atoms with Crippen LogP contribution in [0, 0.1) is 48.4 Å². The van der Waals surface area contributed by atoms with E-state index in [1.54, 1.807) is 90.3 Å². The summed E-state index contributed by atoms with van der Waals surface area (Å²) in [7, 11) is 7.88. The first kappa shape index (κ1) is 40.4. The summed E-state index contributed by atoms with van der Waals surface area (Å²) >= 11 is 0. The van der Waals surface area contributed by atoms with Gasteiger partial charge in [0.2, 0.25) is 0 Å². The van der Waals surface area contributed by atoms with Crippen molar-refractivity contribution in [1.82, 2.24) is 37.8 Å². The Morgan fingerprint density at radius 2 is 1.12 bits per heavy atom. The fourth-order valence-corrected chi connectivity index (χ4v) is 5.82. The summed E-state index contributed by atoms with van der Waals surface area (Å²) in [5, 5.41) is 0. The Bertz CT molecular complexity index is 2980. The van der Waals surface area contributed by atoms with Gasteiger partial charge in [0.25, 0.3) is 11.1 Å². The van der Waals surface area contributed by atoms with Gasteiger partial charge in [-0.2, -0.15) is 0 Å². The lowest BCUT2D eigenvalue weighted by atomic mass is 10.2. The van der Waals surface area contributed by atoms with Crippen molar-refractivity contribution in [2.45, 2.75) is 40.0 Å². The van der Waals surface area contributed by atoms with E-state index in [9.17, 15) is 19.2 Å². The molecule has 2 aromatic carbocycles. The van der Waals surface area contributed by atoms with Gasteiger partial charge >= 0.3 is 11.4 Å². The third kappa shape index (κ3) is 7.88. The highest BCUT2D eigenvalue weighted by Crippen LogP contribution is 2.28. The van der Waals surface area contributed by atoms with Crippen LogP contribution in [0.25, 0.3) is 22.3 Å². The predicted octanol–water partition coefficient (Wildman–Crippen LogP) is 1.92. The van der Waals surface area contributed by atoms with Crippen molar-refractivity contribution in [2.75, 3.05) is 28.4 Å². The number of H-pyrrole nitrogens is 1. The third-order valence-corrected chi connectivity index (χ3v) is 8.65. The van der Waals surface area contributed by atoms with Gasteiger partial charge in [-0.05, 0) is 62.1 Å². The van der Waals surface area contributed by atoms with Crippen LogP contribution in [0.1, 0.15) is 36.6 Å². The minimum Gasteiger partial charge on any atom is -0.493 e. The lowest BCUT2D eigenvalue weighted by molar-refractivity contribution is 0.355. The smallest absolute Gasteiger partial charge is 0.333 e. The highest BCUT2D eigenvalue weighted by Gasteiger charge is 2.19. The Labute approximate surface area is 326 Å². The van der Waals surface area contributed by atoms with Gasteiger partial charge in [-0.3, -0.25) is 18.7 Å². The molecule has 1 N–H and O–H groups in total. The monoisotopic (exact) mass is 770 g/mol. The molecule has 0 aliphatic heterocycles. The summed E-state index contributed by atoms with van der Waals surface area (Å²) in [6.45, 7) is 4.06. The van der Waals surface area contributed by atoms with E-state index in [4.69, 9.17) is 31.8 Å². The highest BCUT2D eigenvalue weighted by atomic mass is 16.5. The van der Waals surface area contributed by atoms with Crippen molar-refractivity contribution in [2.24, 2.45) is 7.05 Å². The molecule has 0 spiro atoms. The minimum absolute atomic E-state index is 0.106. The summed E-state index contributed by atoms with van der Waals surface area (Å²) in [6, 6.07) is 10.5. The van der Waals surface area contributed by atoms with E-state index in [1.165, 1.54) is 9.13 Å². The SMILES string of the molecule is C#CCn1c(=O)c2[nH]c(C#Cc3ccc(OC)c(OC)c3)nc2n(CC)c1=O.C#CCn1c(=O)c2c(nc(C#Cc3ccc(OC)c(OC)c3)n2C)n(CC)c1=O. The number of hydrogen-bond acceptors (Lipinski definition) is 10. The number of ether oxygens (including phenoxy) is 4. The molecule has 0 bridgehead atoms. The number of rotatable bonds is 8. The topological polar surface area (TPSA) is 171 Å². The average Bonchev–Trinajstić information content (AvgIpc) is 3.80. The Balaban J connectivity index is 0.000000218. The van der Waals surface area contributed by atoms with Gasteiger partial charge in [-0.1, -0.05) is 23.7 Å². The Morgan fingerprint density at radius 1 is 0.632 bits per heavy atom. The van der Waals surface area contributed by atoms with Gasteiger partial charge in [0.05, 0.1) is 41.5 Å². The average molecular weight is 771 g/mol. The van der Waals surface area contributed by atoms with Gasteiger partial charge in [0.15, 0.2) is 57.0 Å². The van der Waals surface area contributed by atoms with E-state index in [-0.39, 0.29) is 41.2 Å². The van der Waals surface area contributed by atoms with E-state index in [0.717, 1.165) is 9.13 Å². The highest BCUT2D eigenvalue weighted by molar-refractivity contribution is 5.72. The van der Waals surface area contributed by atoms with Crippen molar-refractivity contribution >= 4 is 22.3 Å². The second-order valence-electron chi connectivity index (χ2n) is 11.8. The van der Waals surface area contributed by atoms with Crippen molar-refractivity contribution < 1.29 is 18.9 Å². The quantitative estimate of drug-likeness (QED) is 0.226. The van der Waals surface area contributed by atoms with E-state index in [2.05, 4.69) is 50.5 Å². The second-order valence-corrected chi connectivity index (χ2v) is 11.8. The standard InChI is InChI=1S/C21H20N4O4.C20H18N4O4/c1-6-12-25-20(26)18-19(24(7-2)21(25)27)22-17(23(18)3)11-9-14-8-10-15(28-4)16(13-14)29-5;1-5-11-24-19(25)17-18(23(6-2)20(24)26)22-16(21-17)10-8-13-7-9-14(27-3)15(12-13)28-4/h1,8,10,13H,7,12H2,2-5H3;1,7,9,12H,6,11H2,2-4H3,(H,21,22). The first-order chi connectivity index (χ1) is 27.5. The zero-order valence-corrected chi connectivity index (χ0v) is 32.3. The van der Waals surface area contributed by atoms with Gasteiger partial charge in [-0.25, -0.2) is 28.7 Å². The molecule has 0 aliphatic carbocycles. The summed E-state index contributed by atoms with van der Waals surface area (Å²) in [5.74, 6) is 19.4. The molecule has 0 saturated heterocycles. The molecule has 0 fully saturated rings. The Hall–Kier alpha value is -7.82. The summed E-state index contributed by atoms with van der Waals surface area (Å²) < 4.78 is 27.4. The van der Waals surface area contributed by atoms with Crippen LogP contribution in [0.15, 0.2) is 55.6 Å². The largest absolute Gasteiger partial charge is 0.493 e. The van der Waals surface area contributed by atoms with Crippen molar-refractivity contribution in [3.05, 3.63) is 101 Å². The van der Waals surface area contributed by atoms with E-state index in [0.29, 0.717) is 53.0 Å². The van der Waals surface area contributed by atoms with Gasteiger partial charge in [0, 0.05) is 31.3 Å². The number of imidazole rings is 2. The molecular weight excluding hydrogens is 732 g/mol. The number of nitrogens with one attached hydrogen (secondary N) is 1. The maximum Gasteiger partial charge on any atom is 0.333 e. The molecule has 6 aromatic rings. The molecule has 0 amide bonds. The van der Waals surface area contributed by atoms with Crippen LogP contribution in [0.3, 0.4) is 0 Å². The lowest BCUT2D eigenvalue weighted by Gasteiger charge is -2.07. The number of aromatic amines is 1. The Kier molecular flexibility index (Phi) is 12.4. The first-order valence-corrected chi connectivity index (χ1v) is 17.3. The van der Waals surface area contributed by atoms with Crippen LogP contribution in [0.4, 0.5) is 0 Å². The van der Waals surface area contributed by atoms with Crippen LogP contribution in [0.2, 0.25) is 0 Å². The zero-order valence-electron chi connectivity index (χ0n) is 32.3. The second kappa shape index (κ2) is 17.5. The molecule has 6 rings (SSSR count). The molecule has 290 valence electrons. The maximum absolute atomic E-state index is 12.8. The number of hydrogen-bond donors (Lipinski definition) is 1. The van der Waals surface area contributed by atoms with E-state index in [1.807, 2.05) is 0 Å². The summed E-state index contributed by atoms with van der Waals surface area (Å²) in [5.41, 5.74) is 0.382. The molecule has 4 aromatic heterocycles. The van der Waals surface area contributed by atoms with Crippen molar-refractivity contribution in [1.29, 1.82) is 0 Å². The van der Waals surface area contributed by atoms with Gasteiger partial charge < -0.3 is 28.5 Å². The van der Waals surface area contributed by atoms with Crippen molar-refractivity contribution in [3.63, 3.8) is 0 Å². The molecule has 16 nitrogen and oxygen atoms in total. The van der Waals surface area contributed by atoms with E-state index >= 15 is 0 Å². The number of nitrogens with zero attached hydrogens (tertiary/aromatic N) is 7. The number of aromatic nitrogens is 8. The summed E-state index contributed by atoms with van der Waals surface area (Å²) in [4.78, 5) is 62.0. The lowest BCUT2D eigenvalue weighted by Crippen LogP contribution is -2.40. The van der Waals surface area contributed by atoms with Crippen LogP contribution in [-0.4, -0.2) is 66.2 Å². The van der Waals surface area contributed by atoms with E-state index < -0.39 is 22.5 Å². The number of fused-ring (bicyclic) bond motifs is 2. The van der Waals surface area contributed by atoms with Crippen LogP contribution in [-0.2, 0) is 33.2 Å². The molecule has 0 aliphatic rings. The number of benzene rings is 2. The van der Waals surface area contributed by atoms with Crippen LogP contribution in [0.5, 0.6) is 23.0 Å². The molecule has 4 heterocycles.